The summed E-state index contributed by atoms with van der Waals surface area (Å²) in [4.78, 5) is 15.3. The first kappa shape index (κ1) is 19.2. The second-order valence-corrected chi connectivity index (χ2v) is 7.04. The third kappa shape index (κ3) is 3.46. The van der Waals surface area contributed by atoms with Crippen LogP contribution in [0, 0.1) is 6.92 Å². The van der Waals surface area contributed by atoms with Gasteiger partial charge in [-0.15, -0.1) is 12.4 Å². The Kier molecular flexibility index (Phi) is 6.29. The number of benzene rings is 1. The number of rotatable bonds is 3. The van der Waals surface area contributed by atoms with Crippen molar-refractivity contribution in [3.63, 3.8) is 0 Å². The van der Waals surface area contributed by atoms with Crippen molar-refractivity contribution < 1.29 is 9.53 Å². The molecule has 0 aromatic heterocycles. The van der Waals surface area contributed by atoms with Gasteiger partial charge in [-0.1, -0.05) is 24.3 Å². The first-order valence-electron chi connectivity index (χ1n) is 8.70. The Morgan fingerprint density at radius 2 is 1.96 bits per heavy atom. The molecule has 24 heavy (non-hydrogen) atoms. The number of hydrogen-bond donors (Lipinski definition) is 1. The fourth-order valence-electron chi connectivity index (χ4n) is 4.18. The number of amides is 1. The number of nitrogens with zero attached hydrogens (tertiary/aromatic N) is 1. The van der Waals surface area contributed by atoms with E-state index >= 15 is 0 Å². The van der Waals surface area contributed by atoms with E-state index in [4.69, 9.17) is 4.74 Å². The first-order valence-corrected chi connectivity index (χ1v) is 8.70. The molecular formula is C19H29ClN2O2. The van der Waals surface area contributed by atoms with Crippen LogP contribution in [0.25, 0.3) is 0 Å². The van der Waals surface area contributed by atoms with E-state index in [0.29, 0.717) is 5.92 Å². The summed E-state index contributed by atoms with van der Waals surface area (Å²) in [6, 6.07) is 8.82. The van der Waals surface area contributed by atoms with E-state index in [1.807, 2.05) is 0 Å². The average molecular weight is 353 g/mol. The molecule has 5 heteroatoms. The fourth-order valence-corrected chi connectivity index (χ4v) is 4.18. The van der Waals surface area contributed by atoms with E-state index in [1.165, 1.54) is 11.1 Å². The molecule has 2 aliphatic rings. The van der Waals surface area contributed by atoms with Gasteiger partial charge in [-0.25, -0.2) is 0 Å². The van der Waals surface area contributed by atoms with Gasteiger partial charge in [0.05, 0.1) is 0 Å². The molecule has 2 aliphatic heterocycles. The van der Waals surface area contributed by atoms with Crippen LogP contribution in [0.1, 0.15) is 43.2 Å². The van der Waals surface area contributed by atoms with Crippen molar-refractivity contribution in [2.24, 2.45) is 0 Å². The van der Waals surface area contributed by atoms with E-state index in [2.05, 4.69) is 48.3 Å². The van der Waals surface area contributed by atoms with Crippen LogP contribution in [0.15, 0.2) is 24.3 Å². The van der Waals surface area contributed by atoms with Crippen molar-refractivity contribution in [1.29, 1.82) is 0 Å². The van der Waals surface area contributed by atoms with Crippen LogP contribution < -0.4 is 5.32 Å². The highest BCUT2D eigenvalue weighted by Crippen LogP contribution is 2.36. The van der Waals surface area contributed by atoms with Gasteiger partial charge < -0.3 is 15.0 Å². The Hall–Kier alpha value is -1.10. The minimum Gasteiger partial charge on any atom is -0.368 e. The summed E-state index contributed by atoms with van der Waals surface area (Å²) in [5, 5.41) is 3.32. The maximum atomic E-state index is 13.2. The predicted molar refractivity (Wildman–Crippen MR) is 98.8 cm³/mol. The van der Waals surface area contributed by atoms with Gasteiger partial charge in [-0.2, -0.15) is 0 Å². The molecule has 134 valence electrons. The zero-order valence-electron chi connectivity index (χ0n) is 14.9. The molecule has 3 rings (SSSR count). The standard InChI is InChI=1S/C19H28N2O2.ClH/c1-14-6-4-5-7-17(14)16-12-15(2)21(13-16)18(22)19(23-3)8-10-20-11-9-19;/h4-7,15-16,20H,8-13H2,1-3H3;1H. The number of nitrogens with one attached hydrogen (secondary N) is 1. The van der Waals surface area contributed by atoms with Crippen molar-refractivity contribution in [3.8, 4) is 0 Å². The predicted octanol–water partition coefficient (Wildman–Crippen LogP) is 2.89. The molecule has 1 amide bonds. The number of carbonyl (C=O) groups excluding carboxylic acids is 1. The molecule has 4 nitrogen and oxygen atoms in total. The molecule has 0 saturated carbocycles. The van der Waals surface area contributed by atoms with Crippen molar-refractivity contribution in [1.82, 2.24) is 10.2 Å². The van der Waals surface area contributed by atoms with Crippen LogP contribution in [0.5, 0.6) is 0 Å². The minimum absolute atomic E-state index is 0. The summed E-state index contributed by atoms with van der Waals surface area (Å²) in [6.45, 7) is 6.84. The molecule has 0 spiro atoms. The topological polar surface area (TPSA) is 41.6 Å². The molecule has 2 unspecified atom stereocenters. The van der Waals surface area contributed by atoms with Crippen molar-refractivity contribution in [2.75, 3.05) is 26.7 Å². The number of carbonyl (C=O) groups is 1. The lowest BCUT2D eigenvalue weighted by molar-refractivity contribution is -0.159. The molecule has 0 bridgehead atoms. The number of methoxy groups -OCH3 is 1. The average Bonchev–Trinajstić information content (AvgIpc) is 2.96. The van der Waals surface area contributed by atoms with Gasteiger partial charge in [0.2, 0.25) is 0 Å². The van der Waals surface area contributed by atoms with Crippen LogP contribution in [0.2, 0.25) is 0 Å². The summed E-state index contributed by atoms with van der Waals surface area (Å²) >= 11 is 0. The summed E-state index contributed by atoms with van der Waals surface area (Å²) in [5.41, 5.74) is 2.08. The van der Waals surface area contributed by atoms with Gasteiger partial charge in [0, 0.05) is 25.6 Å². The van der Waals surface area contributed by atoms with Gasteiger partial charge in [-0.05, 0) is 57.3 Å². The van der Waals surface area contributed by atoms with Crippen molar-refractivity contribution >= 4 is 18.3 Å². The highest BCUT2D eigenvalue weighted by molar-refractivity contribution is 5.86. The first-order chi connectivity index (χ1) is 11.1. The Bertz CT molecular complexity index is 572. The zero-order valence-corrected chi connectivity index (χ0v) is 15.7. The van der Waals surface area contributed by atoms with Crippen LogP contribution in [-0.4, -0.2) is 49.2 Å². The van der Waals surface area contributed by atoms with Crippen LogP contribution in [0.3, 0.4) is 0 Å². The fraction of sp³-hybridized carbons (Fsp3) is 0.632. The van der Waals surface area contributed by atoms with E-state index in [1.54, 1.807) is 7.11 Å². The molecule has 2 fully saturated rings. The Balaban J connectivity index is 0.00000208. The van der Waals surface area contributed by atoms with E-state index in [-0.39, 0.29) is 24.4 Å². The molecule has 1 aromatic rings. The lowest BCUT2D eigenvalue weighted by Crippen LogP contribution is -2.56. The number of likely N-dealkylation sites (tertiary alicyclic amines) is 1. The molecular weight excluding hydrogens is 324 g/mol. The number of ether oxygens (including phenoxy) is 1. The number of halogens is 1. The largest absolute Gasteiger partial charge is 0.368 e. The minimum atomic E-state index is -0.625. The van der Waals surface area contributed by atoms with Crippen molar-refractivity contribution in [2.45, 2.75) is 50.7 Å². The van der Waals surface area contributed by atoms with Gasteiger partial charge >= 0.3 is 0 Å². The van der Waals surface area contributed by atoms with E-state index < -0.39 is 5.60 Å². The summed E-state index contributed by atoms with van der Waals surface area (Å²) in [5.74, 6) is 0.621. The van der Waals surface area contributed by atoms with Crippen LogP contribution in [0.4, 0.5) is 0 Å². The number of hydrogen-bond acceptors (Lipinski definition) is 3. The third-order valence-corrected chi connectivity index (χ3v) is 5.66. The van der Waals surface area contributed by atoms with Crippen LogP contribution >= 0.6 is 12.4 Å². The summed E-state index contributed by atoms with van der Waals surface area (Å²) < 4.78 is 5.73. The summed E-state index contributed by atoms with van der Waals surface area (Å²) in [6.07, 6.45) is 2.57. The highest BCUT2D eigenvalue weighted by atomic mass is 35.5. The van der Waals surface area contributed by atoms with Gasteiger partial charge in [0.25, 0.3) is 5.91 Å². The van der Waals surface area contributed by atoms with Gasteiger partial charge in [0.1, 0.15) is 5.60 Å². The highest BCUT2D eigenvalue weighted by Gasteiger charge is 2.46. The number of piperidine rings is 1. The summed E-state index contributed by atoms with van der Waals surface area (Å²) in [7, 11) is 1.68. The molecule has 0 radical (unpaired) electrons. The number of aryl methyl sites for hydroxylation is 1. The van der Waals surface area contributed by atoms with Crippen molar-refractivity contribution in [3.05, 3.63) is 35.4 Å². The quantitative estimate of drug-likeness (QED) is 0.909. The maximum Gasteiger partial charge on any atom is 0.255 e. The monoisotopic (exact) mass is 352 g/mol. The smallest absolute Gasteiger partial charge is 0.255 e. The zero-order chi connectivity index (χ0) is 16.4. The Morgan fingerprint density at radius 3 is 2.58 bits per heavy atom. The molecule has 2 atom stereocenters. The van der Waals surface area contributed by atoms with Gasteiger partial charge in [0.15, 0.2) is 0 Å². The molecule has 2 heterocycles. The second-order valence-electron chi connectivity index (χ2n) is 7.04. The second kappa shape index (κ2) is 7.85. The third-order valence-electron chi connectivity index (χ3n) is 5.66. The Morgan fingerprint density at radius 1 is 1.29 bits per heavy atom. The maximum absolute atomic E-state index is 13.2. The molecule has 2 saturated heterocycles. The lowest BCUT2D eigenvalue weighted by atomic mass is 9.90. The van der Waals surface area contributed by atoms with E-state index in [9.17, 15) is 4.79 Å². The molecule has 1 N–H and O–H groups in total. The molecule has 0 aliphatic carbocycles. The lowest BCUT2D eigenvalue weighted by Gasteiger charge is -2.39. The SMILES string of the molecule is COC1(C(=O)N2CC(c3ccccc3C)CC2C)CCNCC1.Cl. The normalized spacial score (nSPS) is 26.0. The Labute approximate surface area is 151 Å². The molecule has 1 aromatic carbocycles. The van der Waals surface area contributed by atoms with E-state index in [0.717, 1.165) is 38.9 Å². The van der Waals surface area contributed by atoms with Gasteiger partial charge in [-0.3, -0.25) is 4.79 Å². The van der Waals surface area contributed by atoms with Crippen LogP contribution in [-0.2, 0) is 9.53 Å².